The first-order valence-corrected chi connectivity index (χ1v) is 13.1. The van der Waals surface area contributed by atoms with Gasteiger partial charge in [-0.15, -0.1) is 0 Å². The lowest BCUT2D eigenvalue weighted by Crippen LogP contribution is -2.58. The van der Waals surface area contributed by atoms with Gasteiger partial charge in [-0.2, -0.15) is 0 Å². The smallest absolute Gasteiger partial charge is 0.253 e. The van der Waals surface area contributed by atoms with Crippen LogP contribution in [0.2, 0.25) is 0 Å². The maximum atomic E-state index is 13.4. The molecule has 1 atom stereocenters. The van der Waals surface area contributed by atoms with E-state index in [1.54, 1.807) is 7.11 Å². The molecule has 6 heteroatoms. The quantitative estimate of drug-likeness (QED) is 0.594. The zero-order chi connectivity index (χ0) is 24.6. The molecule has 2 amide bonds. The Kier molecular flexibility index (Phi) is 8.80. The molecule has 1 saturated heterocycles. The predicted octanol–water partition coefficient (Wildman–Crippen LogP) is 3.93. The summed E-state index contributed by atoms with van der Waals surface area (Å²) in [6.07, 6.45) is 6.31. The number of hydrogen-bond acceptors (Lipinski definition) is 4. The summed E-state index contributed by atoms with van der Waals surface area (Å²) in [5.74, 6) is 1.47. The summed E-state index contributed by atoms with van der Waals surface area (Å²) in [6.45, 7) is 5.50. The van der Waals surface area contributed by atoms with E-state index in [0.29, 0.717) is 25.6 Å². The number of carbonyl (C=O) groups is 2. The highest BCUT2D eigenvalue weighted by Gasteiger charge is 2.37. The van der Waals surface area contributed by atoms with E-state index in [-0.39, 0.29) is 17.9 Å². The zero-order valence-electron chi connectivity index (χ0n) is 21.2. The second kappa shape index (κ2) is 12.2. The minimum absolute atomic E-state index is 0.0889. The Morgan fingerprint density at radius 2 is 1.69 bits per heavy atom. The van der Waals surface area contributed by atoms with E-state index < -0.39 is 0 Å². The van der Waals surface area contributed by atoms with Crippen LogP contribution in [0.3, 0.4) is 0 Å². The number of aryl methyl sites for hydroxylation is 1. The third-order valence-corrected chi connectivity index (χ3v) is 7.61. The van der Waals surface area contributed by atoms with Crippen LogP contribution in [0.5, 0.6) is 5.75 Å². The molecule has 35 heavy (non-hydrogen) atoms. The first-order chi connectivity index (χ1) is 17.1. The maximum Gasteiger partial charge on any atom is 0.253 e. The second-order valence-corrected chi connectivity index (χ2v) is 9.72. The lowest BCUT2D eigenvalue weighted by atomic mass is 9.94. The van der Waals surface area contributed by atoms with Crippen LogP contribution in [0.1, 0.15) is 54.1 Å². The van der Waals surface area contributed by atoms with E-state index in [2.05, 4.69) is 17.1 Å². The highest BCUT2D eigenvalue weighted by atomic mass is 16.5. The van der Waals surface area contributed by atoms with Crippen LogP contribution in [0, 0.1) is 5.92 Å². The van der Waals surface area contributed by atoms with Gasteiger partial charge in [-0.25, -0.2) is 0 Å². The standard InChI is InChI=1S/C29H39N3O3/c1-3-22-12-14-25(15-13-22)29(34)32-20-18-31(19-21-32)27(24-9-4-5-10-24)28(33)30-17-16-23-8-6-7-11-26(23)35-2/h6-8,11-15,24,27H,3-5,9-10,16-21H2,1-2H3,(H,30,33). The Morgan fingerprint density at radius 3 is 2.34 bits per heavy atom. The number of hydrogen-bond donors (Lipinski definition) is 1. The monoisotopic (exact) mass is 477 g/mol. The van der Waals surface area contributed by atoms with Crippen LogP contribution in [0.15, 0.2) is 48.5 Å². The van der Waals surface area contributed by atoms with Gasteiger partial charge in [-0.1, -0.05) is 50.1 Å². The third-order valence-electron chi connectivity index (χ3n) is 7.61. The van der Waals surface area contributed by atoms with Crippen molar-refractivity contribution in [2.75, 3.05) is 39.8 Å². The molecule has 1 N–H and O–H groups in total. The number of piperazine rings is 1. The van der Waals surface area contributed by atoms with Gasteiger partial charge in [0.25, 0.3) is 5.91 Å². The average Bonchev–Trinajstić information content (AvgIpc) is 3.43. The average molecular weight is 478 g/mol. The zero-order valence-corrected chi connectivity index (χ0v) is 21.2. The summed E-state index contributed by atoms with van der Waals surface area (Å²) >= 11 is 0. The van der Waals surface area contributed by atoms with Gasteiger partial charge in [-0.05, 0) is 60.9 Å². The number of para-hydroxylation sites is 1. The van der Waals surface area contributed by atoms with Gasteiger partial charge >= 0.3 is 0 Å². The summed E-state index contributed by atoms with van der Waals surface area (Å²) in [5.41, 5.74) is 3.09. The molecule has 1 unspecified atom stereocenters. The van der Waals surface area contributed by atoms with Crippen LogP contribution in [0.25, 0.3) is 0 Å². The molecule has 0 spiro atoms. The fraction of sp³-hybridized carbons (Fsp3) is 0.517. The van der Waals surface area contributed by atoms with Gasteiger partial charge < -0.3 is 15.0 Å². The molecule has 1 aliphatic carbocycles. The van der Waals surface area contributed by atoms with Crippen molar-refractivity contribution in [3.8, 4) is 5.75 Å². The molecule has 188 valence electrons. The molecule has 4 rings (SSSR count). The Labute approximate surface area is 209 Å². The molecular formula is C29H39N3O3. The van der Waals surface area contributed by atoms with Gasteiger partial charge in [0.2, 0.25) is 5.91 Å². The van der Waals surface area contributed by atoms with E-state index in [9.17, 15) is 9.59 Å². The van der Waals surface area contributed by atoms with E-state index in [1.165, 1.54) is 18.4 Å². The predicted molar refractivity (Wildman–Crippen MR) is 139 cm³/mol. The molecule has 0 aromatic heterocycles. The maximum absolute atomic E-state index is 13.4. The molecule has 1 heterocycles. The Bertz CT molecular complexity index is 977. The van der Waals surface area contributed by atoms with Gasteiger partial charge in [-0.3, -0.25) is 14.5 Å². The van der Waals surface area contributed by atoms with E-state index in [4.69, 9.17) is 4.74 Å². The lowest BCUT2D eigenvalue weighted by Gasteiger charge is -2.40. The summed E-state index contributed by atoms with van der Waals surface area (Å²) < 4.78 is 5.45. The Morgan fingerprint density at radius 1 is 1.00 bits per heavy atom. The third kappa shape index (κ3) is 6.23. The normalized spacial score (nSPS) is 17.8. The summed E-state index contributed by atoms with van der Waals surface area (Å²) in [7, 11) is 1.68. The largest absolute Gasteiger partial charge is 0.496 e. The van der Waals surface area contributed by atoms with E-state index >= 15 is 0 Å². The lowest BCUT2D eigenvalue weighted by molar-refractivity contribution is -0.129. The minimum Gasteiger partial charge on any atom is -0.496 e. The van der Waals surface area contributed by atoms with Crippen molar-refractivity contribution in [3.05, 3.63) is 65.2 Å². The second-order valence-electron chi connectivity index (χ2n) is 9.72. The van der Waals surface area contributed by atoms with Crippen molar-refractivity contribution < 1.29 is 14.3 Å². The van der Waals surface area contributed by atoms with Crippen LogP contribution >= 0.6 is 0 Å². The highest BCUT2D eigenvalue weighted by Crippen LogP contribution is 2.31. The summed E-state index contributed by atoms with van der Waals surface area (Å²) in [4.78, 5) is 30.7. The van der Waals surface area contributed by atoms with Crippen LogP contribution in [-0.2, 0) is 17.6 Å². The number of ether oxygens (including phenoxy) is 1. The number of methoxy groups -OCH3 is 1. The van der Waals surface area contributed by atoms with Gasteiger partial charge in [0, 0.05) is 38.3 Å². The van der Waals surface area contributed by atoms with Gasteiger partial charge in [0.15, 0.2) is 0 Å². The molecule has 0 bridgehead atoms. The number of nitrogens with one attached hydrogen (secondary N) is 1. The van der Waals surface area contributed by atoms with Crippen molar-refractivity contribution in [1.29, 1.82) is 0 Å². The van der Waals surface area contributed by atoms with Crippen molar-refractivity contribution in [2.45, 2.75) is 51.5 Å². The van der Waals surface area contributed by atoms with Crippen molar-refractivity contribution in [3.63, 3.8) is 0 Å². The van der Waals surface area contributed by atoms with Crippen LogP contribution in [0.4, 0.5) is 0 Å². The number of nitrogens with zero attached hydrogens (tertiary/aromatic N) is 2. The van der Waals surface area contributed by atoms with Gasteiger partial charge in [0.1, 0.15) is 5.75 Å². The molecular weight excluding hydrogens is 438 g/mol. The van der Waals surface area contributed by atoms with Crippen molar-refractivity contribution >= 4 is 11.8 Å². The minimum atomic E-state index is -0.115. The fourth-order valence-electron chi connectivity index (χ4n) is 5.55. The van der Waals surface area contributed by atoms with Gasteiger partial charge in [0.05, 0.1) is 13.2 Å². The molecule has 2 aliphatic rings. The topological polar surface area (TPSA) is 61.9 Å². The molecule has 2 aromatic carbocycles. The summed E-state index contributed by atoms with van der Waals surface area (Å²) in [5, 5.41) is 3.21. The first kappa shape index (κ1) is 25.2. The van der Waals surface area contributed by atoms with Crippen LogP contribution in [-0.4, -0.2) is 67.5 Å². The Balaban J connectivity index is 1.34. The molecule has 1 saturated carbocycles. The molecule has 0 radical (unpaired) electrons. The number of carbonyl (C=O) groups excluding carboxylic acids is 2. The van der Waals surface area contributed by atoms with E-state index in [0.717, 1.165) is 55.6 Å². The first-order valence-electron chi connectivity index (χ1n) is 13.1. The molecule has 6 nitrogen and oxygen atoms in total. The number of amides is 2. The van der Waals surface area contributed by atoms with Crippen molar-refractivity contribution in [1.82, 2.24) is 15.1 Å². The SMILES string of the molecule is CCc1ccc(C(=O)N2CCN(C(C(=O)NCCc3ccccc3OC)C3CCCC3)CC2)cc1. The summed E-state index contributed by atoms with van der Waals surface area (Å²) in [6, 6.07) is 15.8. The van der Waals surface area contributed by atoms with Crippen molar-refractivity contribution in [2.24, 2.45) is 5.92 Å². The highest BCUT2D eigenvalue weighted by molar-refractivity contribution is 5.94. The molecule has 1 aliphatic heterocycles. The van der Waals surface area contributed by atoms with E-state index in [1.807, 2.05) is 53.4 Å². The van der Waals surface area contributed by atoms with Crippen LogP contribution < -0.4 is 10.1 Å². The number of benzene rings is 2. The number of rotatable bonds is 9. The Hall–Kier alpha value is -2.86. The molecule has 2 fully saturated rings. The molecule has 2 aromatic rings. The fourth-order valence-corrected chi connectivity index (χ4v) is 5.55.